The molecule has 0 bridgehead atoms. The van der Waals surface area contributed by atoms with E-state index in [1.54, 1.807) is 6.20 Å². The summed E-state index contributed by atoms with van der Waals surface area (Å²) < 4.78 is 5.40. The molecule has 1 aromatic heterocycles. The number of benzene rings is 1. The van der Waals surface area contributed by atoms with E-state index in [9.17, 15) is 0 Å². The summed E-state index contributed by atoms with van der Waals surface area (Å²) in [5.74, 6) is 0.668. The summed E-state index contributed by atoms with van der Waals surface area (Å²) in [4.78, 5) is 4.16. The Kier molecular flexibility index (Phi) is 2.55. The number of hydrogen-bond donors (Lipinski definition) is 0. The average molecular weight is 208 g/mol. The molecule has 0 N–H and O–H groups in total. The van der Waals surface area contributed by atoms with E-state index in [0.29, 0.717) is 12.5 Å². The minimum atomic E-state index is 0.620. The summed E-state index contributed by atoms with van der Waals surface area (Å²) in [6.45, 7) is 2.56. The monoisotopic (exact) mass is 207 g/mol. The molecule has 2 rings (SSSR count). The van der Waals surface area contributed by atoms with Gasteiger partial charge in [0, 0.05) is 16.6 Å². The van der Waals surface area contributed by atoms with E-state index in [1.165, 1.54) is 0 Å². The van der Waals surface area contributed by atoms with E-state index < -0.39 is 0 Å². The van der Waals surface area contributed by atoms with Crippen molar-refractivity contribution in [1.82, 2.24) is 4.98 Å². The molecule has 1 heterocycles. The van der Waals surface area contributed by atoms with Crippen LogP contribution < -0.4 is 4.74 Å². The topological polar surface area (TPSA) is 22.1 Å². The Morgan fingerprint density at radius 2 is 2.21 bits per heavy atom. The summed E-state index contributed by atoms with van der Waals surface area (Å²) in [5.41, 5.74) is 0. The Labute approximate surface area is 87.5 Å². The molecule has 72 valence electrons. The van der Waals surface area contributed by atoms with Crippen LogP contribution in [0.3, 0.4) is 0 Å². The van der Waals surface area contributed by atoms with Crippen molar-refractivity contribution in [1.29, 1.82) is 0 Å². The average Bonchev–Trinajstić information content (AvgIpc) is 2.18. The zero-order valence-electron chi connectivity index (χ0n) is 7.83. The molecule has 0 spiro atoms. The van der Waals surface area contributed by atoms with E-state index in [1.807, 2.05) is 31.2 Å². The van der Waals surface area contributed by atoms with Gasteiger partial charge in [0.05, 0.1) is 6.61 Å². The number of halogens is 1. The second-order valence-electron chi connectivity index (χ2n) is 2.91. The Morgan fingerprint density at radius 3 is 3.00 bits per heavy atom. The van der Waals surface area contributed by atoms with Crippen LogP contribution in [0.25, 0.3) is 10.8 Å². The molecule has 0 saturated heterocycles. The molecular formula is C11H10ClNO. The molecule has 0 radical (unpaired) electrons. The second kappa shape index (κ2) is 3.84. The van der Waals surface area contributed by atoms with Crippen molar-refractivity contribution in [3.8, 4) is 5.88 Å². The lowest BCUT2D eigenvalue weighted by Gasteiger charge is -2.05. The van der Waals surface area contributed by atoms with Crippen LogP contribution in [0.4, 0.5) is 0 Å². The molecule has 2 aromatic rings. The fourth-order valence-corrected chi connectivity index (χ4v) is 1.55. The van der Waals surface area contributed by atoms with Crippen LogP contribution in [-0.4, -0.2) is 11.6 Å². The summed E-state index contributed by atoms with van der Waals surface area (Å²) >= 11 is 5.89. The van der Waals surface area contributed by atoms with Crippen molar-refractivity contribution in [2.45, 2.75) is 6.92 Å². The molecule has 0 fully saturated rings. The van der Waals surface area contributed by atoms with Gasteiger partial charge in [0.25, 0.3) is 0 Å². The van der Waals surface area contributed by atoms with Crippen molar-refractivity contribution in [2.75, 3.05) is 6.61 Å². The number of pyridine rings is 1. The maximum atomic E-state index is 5.89. The highest BCUT2D eigenvalue weighted by atomic mass is 35.5. The lowest BCUT2D eigenvalue weighted by atomic mass is 10.2. The SMILES string of the molecule is CCOc1nccc2cc(Cl)ccc12. The minimum Gasteiger partial charge on any atom is -0.478 e. The molecule has 1 aromatic carbocycles. The van der Waals surface area contributed by atoms with Crippen molar-refractivity contribution >= 4 is 22.4 Å². The molecule has 0 amide bonds. The Hall–Kier alpha value is -1.28. The maximum absolute atomic E-state index is 5.89. The number of fused-ring (bicyclic) bond motifs is 1. The fourth-order valence-electron chi connectivity index (χ4n) is 1.37. The number of rotatable bonds is 2. The van der Waals surface area contributed by atoms with Crippen LogP contribution in [0.15, 0.2) is 30.5 Å². The van der Waals surface area contributed by atoms with Gasteiger partial charge in [-0.25, -0.2) is 4.98 Å². The molecule has 0 unspecified atom stereocenters. The molecule has 0 aliphatic heterocycles. The summed E-state index contributed by atoms with van der Waals surface area (Å²) in [6, 6.07) is 7.59. The summed E-state index contributed by atoms with van der Waals surface area (Å²) in [6.07, 6.45) is 1.73. The zero-order valence-corrected chi connectivity index (χ0v) is 8.58. The minimum absolute atomic E-state index is 0.620. The Morgan fingerprint density at radius 1 is 1.36 bits per heavy atom. The van der Waals surface area contributed by atoms with E-state index >= 15 is 0 Å². The number of hydrogen-bond acceptors (Lipinski definition) is 2. The van der Waals surface area contributed by atoms with Crippen LogP contribution in [0.5, 0.6) is 5.88 Å². The first-order chi connectivity index (χ1) is 6.81. The lowest BCUT2D eigenvalue weighted by Crippen LogP contribution is -1.94. The highest BCUT2D eigenvalue weighted by Gasteiger charge is 2.02. The summed E-state index contributed by atoms with van der Waals surface area (Å²) in [7, 11) is 0. The molecule has 0 aliphatic rings. The number of ether oxygens (including phenoxy) is 1. The molecule has 3 heteroatoms. The standard InChI is InChI=1S/C11H10ClNO/c1-2-14-11-10-4-3-9(12)7-8(10)5-6-13-11/h3-7H,2H2,1H3. The number of nitrogens with zero attached hydrogens (tertiary/aromatic N) is 1. The van der Waals surface area contributed by atoms with Gasteiger partial charge in [-0.15, -0.1) is 0 Å². The number of aromatic nitrogens is 1. The van der Waals surface area contributed by atoms with E-state index in [0.717, 1.165) is 15.8 Å². The third-order valence-corrected chi connectivity index (χ3v) is 2.21. The quantitative estimate of drug-likeness (QED) is 0.754. The largest absolute Gasteiger partial charge is 0.478 e. The van der Waals surface area contributed by atoms with Gasteiger partial charge in [-0.05, 0) is 36.6 Å². The van der Waals surface area contributed by atoms with Gasteiger partial charge < -0.3 is 4.74 Å². The van der Waals surface area contributed by atoms with E-state index in [-0.39, 0.29) is 0 Å². The van der Waals surface area contributed by atoms with E-state index in [4.69, 9.17) is 16.3 Å². The second-order valence-corrected chi connectivity index (χ2v) is 3.35. The Bertz CT molecular complexity index is 456. The highest BCUT2D eigenvalue weighted by molar-refractivity contribution is 6.31. The van der Waals surface area contributed by atoms with Crippen molar-refractivity contribution in [3.05, 3.63) is 35.5 Å². The van der Waals surface area contributed by atoms with Gasteiger partial charge in [-0.1, -0.05) is 11.6 Å². The predicted octanol–water partition coefficient (Wildman–Crippen LogP) is 3.29. The van der Waals surface area contributed by atoms with Crippen LogP contribution in [0.1, 0.15) is 6.92 Å². The first kappa shape index (κ1) is 9.28. The van der Waals surface area contributed by atoms with Gasteiger partial charge in [-0.2, -0.15) is 0 Å². The van der Waals surface area contributed by atoms with Crippen LogP contribution in [-0.2, 0) is 0 Å². The smallest absolute Gasteiger partial charge is 0.221 e. The lowest BCUT2D eigenvalue weighted by molar-refractivity contribution is 0.331. The third-order valence-electron chi connectivity index (χ3n) is 1.97. The maximum Gasteiger partial charge on any atom is 0.221 e. The molecule has 2 nitrogen and oxygen atoms in total. The van der Waals surface area contributed by atoms with Gasteiger partial charge in [-0.3, -0.25) is 0 Å². The normalized spacial score (nSPS) is 10.4. The highest BCUT2D eigenvalue weighted by Crippen LogP contribution is 2.25. The van der Waals surface area contributed by atoms with Gasteiger partial charge in [0.2, 0.25) is 5.88 Å². The zero-order chi connectivity index (χ0) is 9.97. The van der Waals surface area contributed by atoms with Crippen LogP contribution >= 0.6 is 11.6 Å². The first-order valence-corrected chi connectivity index (χ1v) is 4.86. The van der Waals surface area contributed by atoms with Crippen molar-refractivity contribution < 1.29 is 4.74 Å². The molecule has 0 atom stereocenters. The third kappa shape index (κ3) is 1.66. The van der Waals surface area contributed by atoms with Crippen molar-refractivity contribution in [2.24, 2.45) is 0 Å². The predicted molar refractivity (Wildman–Crippen MR) is 57.9 cm³/mol. The first-order valence-electron chi connectivity index (χ1n) is 4.48. The molecule has 0 saturated carbocycles. The van der Waals surface area contributed by atoms with Gasteiger partial charge in [0.1, 0.15) is 0 Å². The van der Waals surface area contributed by atoms with Crippen molar-refractivity contribution in [3.63, 3.8) is 0 Å². The summed E-state index contributed by atoms with van der Waals surface area (Å²) in [5, 5.41) is 2.78. The van der Waals surface area contributed by atoms with E-state index in [2.05, 4.69) is 4.98 Å². The van der Waals surface area contributed by atoms with Gasteiger partial charge >= 0.3 is 0 Å². The molecule has 14 heavy (non-hydrogen) atoms. The van der Waals surface area contributed by atoms with Crippen LogP contribution in [0, 0.1) is 0 Å². The molecular weight excluding hydrogens is 198 g/mol. The van der Waals surface area contributed by atoms with Gasteiger partial charge in [0.15, 0.2) is 0 Å². The Balaban J connectivity index is 2.62. The fraction of sp³-hybridized carbons (Fsp3) is 0.182. The van der Waals surface area contributed by atoms with Crippen LogP contribution in [0.2, 0.25) is 5.02 Å². The molecule has 0 aliphatic carbocycles.